The van der Waals surface area contributed by atoms with Crippen molar-refractivity contribution in [3.05, 3.63) is 12.7 Å². The van der Waals surface area contributed by atoms with Crippen LogP contribution in [0.25, 0.3) is 0 Å². The fourth-order valence-electron chi connectivity index (χ4n) is 3.78. The largest absolute Gasteiger partial charge is 0.381 e. The van der Waals surface area contributed by atoms with E-state index >= 15 is 0 Å². The van der Waals surface area contributed by atoms with Crippen LogP contribution >= 0.6 is 0 Å². The van der Waals surface area contributed by atoms with Gasteiger partial charge in [-0.1, -0.05) is 12.5 Å². The fraction of sp³-hybridized carbons (Fsp3) is 0.800. The molecule has 0 unspecified atom stereocenters. The van der Waals surface area contributed by atoms with Crippen molar-refractivity contribution in [2.75, 3.05) is 33.3 Å². The number of piperidine rings is 1. The van der Waals surface area contributed by atoms with Crippen molar-refractivity contribution >= 4 is 5.91 Å². The van der Waals surface area contributed by atoms with Crippen molar-refractivity contribution in [3.8, 4) is 0 Å². The second kappa shape index (κ2) is 6.53. The van der Waals surface area contributed by atoms with Crippen molar-refractivity contribution in [1.29, 1.82) is 0 Å². The number of carbonyl (C=O) groups is 1. The summed E-state index contributed by atoms with van der Waals surface area (Å²) in [5, 5.41) is 2.85. The van der Waals surface area contributed by atoms with Gasteiger partial charge in [-0.3, -0.25) is 9.69 Å². The minimum Gasteiger partial charge on any atom is -0.381 e. The molecule has 1 aliphatic carbocycles. The lowest BCUT2D eigenvalue weighted by molar-refractivity contribution is -0.123. The minimum absolute atomic E-state index is 0.101. The molecule has 0 aromatic heterocycles. The zero-order valence-corrected chi connectivity index (χ0v) is 12.0. The number of nitrogens with zero attached hydrogens (tertiary/aromatic N) is 1. The maximum atomic E-state index is 11.8. The Morgan fingerprint density at radius 3 is 3.05 bits per heavy atom. The van der Waals surface area contributed by atoms with Crippen molar-refractivity contribution < 1.29 is 9.53 Å². The average molecular weight is 266 g/mol. The summed E-state index contributed by atoms with van der Waals surface area (Å²) in [6, 6.07) is 0. The van der Waals surface area contributed by atoms with E-state index in [-0.39, 0.29) is 5.91 Å². The van der Waals surface area contributed by atoms with E-state index in [4.69, 9.17) is 4.74 Å². The fourth-order valence-corrected chi connectivity index (χ4v) is 3.78. The van der Waals surface area contributed by atoms with E-state index in [1.54, 1.807) is 6.08 Å². The molecule has 108 valence electrons. The molecule has 1 N–H and O–H groups in total. The molecule has 4 heteroatoms. The van der Waals surface area contributed by atoms with Gasteiger partial charge in [0.25, 0.3) is 0 Å². The van der Waals surface area contributed by atoms with Crippen molar-refractivity contribution in [2.45, 2.75) is 38.2 Å². The normalized spacial score (nSPS) is 31.5. The first kappa shape index (κ1) is 14.5. The summed E-state index contributed by atoms with van der Waals surface area (Å²) in [5.41, 5.74) is 0.297. The van der Waals surface area contributed by atoms with Crippen LogP contribution in [0.3, 0.4) is 0 Å². The van der Waals surface area contributed by atoms with Crippen molar-refractivity contribution in [3.63, 3.8) is 0 Å². The zero-order valence-electron chi connectivity index (χ0n) is 12.0. The van der Waals surface area contributed by atoms with Crippen LogP contribution < -0.4 is 5.32 Å². The molecule has 2 fully saturated rings. The highest BCUT2D eigenvalue weighted by atomic mass is 16.5. The Kier molecular flexibility index (Phi) is 4.99. The van der Waals surface area contributed by atoms with Gasteiger partial charge in [0, 0.05) is 25.6 Å². The van der Waals surface area contributed by atoms with Crippen molar-refractivity contribution in [1.82, 2.24) is 10.2 Å². The number of likely N-dealkylation sites (tertiary alicyclic amines) is 1. The van der Waals surface area contributed by atoms with Gasteiger partial charge in [-0.05, 0) is 32.2 Å². The lowest BCUT2D eigenvalue weighted by Crippen LogP contribution is -2.50. The first-order valence-corrected chi connectivity index (χ1v) is 7.33. The lowest BCUT2D eigenvalue weighted by atomic mass is 9.76. The molecule has 2 rings (SSSR count). The predicted molar refractivity (Wildman–Crippen MR) is 76.0 cm³/mol. The van der Waals surface area contributed by atoms with E-state index in [9.17, 15) is 4.79 Å². The third-order valence-electron chi connectivity index (χ3n) is 4.61. The molecule has 1 heterocycles. The van der Waals surface area contributed by atoms with E-state index in [0.717, 1.165) is 13.1 Å². The Balaban J connectivity index is 1.90. The molecule has 0 radical (unpaired) electrons. The predicted octanol–water partition coefficient (Wildman–Crippen LogP) is 1.57. The second-order valence-electron chi connectivity index (χ2n) is 5.89. The Hall–Kier alpha value is -0.870. The number of hydrogen-bond donors (Lipinski definition) is 1. The molecule has 1 aliphatic heterocycles. The molecular weight excluding hydrogens is 240 g/mol. The van der Waals surface area contributed by atoms with Crippen LogP contribution in [-0.4, -0.2) is 50.2 Å². The highest BCUT2D eigenvalue weighted by Crippen LogP contribution is 2.46. The van der Waals surface area contributed by atoms with E-state index < -0.39 is 0 Å². The van der Waals surface area contributed by atoms with Gasteiger partial charge in [-0.15, -0.1) is 6.58 Å². The molecule has 1 saturated heterocycles. The van der Waals surface area contributed by atoms with Crippen LogP contribution in [0.1, 0.15) is 32.1 Å². The summed E-state index contributed by atoms with van der Waals surface area (Å²) in [6.07, 6.45) is 8.20. The molecule has 4 nitrogen and oxygen atoms in total. The van der Waals surface area contributed by atoms with Crippen LogP contribution in [0.2, 0.25) is 0 Å². The van der Waals surface area contributed by atoms with Crippen LogP contribution in [0, 0.1) is 5.41 Å². The van der Waals surface area contributed by atoms with Crippen molar-refractivity contribution in [2.24, 2.45) is 5.41 Å². The molecule has 2 aliphatic rings. The molecule has 1 saturated carbocycles. The Morgan fingerprint density at radius 2 is 2.32 bits per heavy atom. The SMILES string of the molecule is C=CCNC(=O)CN1CCC[C@]2(CCC[C@H]2OC)C1. The molecule has 2 atom stereocenters. The van der Waals surface area contributed by atoms with Crippen LogP contribution in [-0.2, 0) is 9.53 Å². The van der Waals surface area contributed by atoms with Gasteiger partial charge in [0.15, 0.2) is 0 Å². The van der Waals surface area contributed by atoms with E-state index in [0.29, 0.717) is 24.6 Å². The number of hydrogen-bond acceptors (Lipinski definition) is 3. The molecule has 1 spiro atoms. The van der Waals surface area contributed by atoms with Gasteiger partial charge >= 0.3 is 0 Å². The lowest BCUT2D eigenvalue weighted by Gasteiger charge is -2.43. The second-order valence-corrected chi connectivity index (χ2v) is 5.89. The highest BCUT2D eigenvalue weighted by Gasteiger charge is 2.45. The van der Waals surface area contributed by atoms with Gasteiger partial charge < -0.3 is 10.1 Å². The number of nitrogens with one attached hydrogen (secondary N) is 1. The molecular formula is C15H26N2O2. The highest BCUT2D eigenvalue weighted by molar-refractivity contribution is 5.78. The molecule has 0 bridgehead atoms. The number of ether oxygens (including phenoxy) is 1. The Bertz CT molecular complexity index is 332. The standard InChI is InChI=1S/C15H26N2O2/c1-3-9-16-14(18)11-17-10-5-8-15(12-17)7-4-6-13(15)19-2/h3,13H,1,4-12H2,2H3,(H,16,18)/t13-,15-/m1/s1. The summed E-state index contributed by atoms with van der Waals surface area (Å²) < 4.78 is 5.68. The molecule has 1 amide bonds. The Morgan fingerprint density at radius 1 is 1.53 bits per heavy atom. The minimum atomic E-state index is 0.101. The van der Waals surface area contributed by atoms with Gasteiger partial charge in [-0.25, -0.2) is 0 Å². The zero-order chi connectivity index (χ0) is 13.7. The number of methoxy groups -OCH3 is 1. The van der Waals surface area contributed by atoms with Gasteiger partial charge in [0.1, 0.15) is 0 Å². The van der Waals surface area contributed by atoms with E-state index in [1.807, 2.05) is 7.11 Å². The molecule has 19 heavy (non-hydrogen) atoms. The maximum absolute atomic E-state index is 11.8. The number of rotatable bonds is 5. The number of amides is 1. The monoisotopic (exact) mass is 266 g/mol. The summed E-state index contributed by atoms with van der Waals surface area (Å²) in [7, 11) is 1.83. The molecule has 0 aromatic carbocycles. The van der Waals surface area contributed by atoms with Gasteiger partial charge in [0.2, 0.25) is 5.91 Å². The van der Waals surface area contributed by atoms with E-state index in [2.05, 4.69) is 16.8 Å². The Labute approximate surface area is 116 Å². The first-order chi connectivity index (χ1) is 9.20. The summed E-state index contributed by atoms with van der Waals surface area (Å²) in [4.78, 5) is 14.1. The van der Waals surface area contributed by atoms with Gasteiger partial charge in [-0.2, -0.15) is 0 Å². The summed E-state index contributed by atoms with van der Waals surface area (Å²) in [6.45, 7) is 6.71. The van der Waals surface area contributed by atoms with Crippen LogP contribution in [0.15, 0.2) is 12.7 Å². The summed E-state index contributed by atoms with van der Waals surface area (Å²) in [5.74, 6) is 0.101. The topological polar surface area (TPSA) is 41.6 Å². The van der Waals surface area contributed by atoms with Gasteiger partial charge in [0.05, 0.1) is 12.6 Å². The maximum Gasteiger partial charge on any atom is 0.234 e. The third kappa shape index (κ3) is 3.37. The van der Waals surface area contributed by atoms with Crippen LogP contribution in [0.5, 0.6) is 0 Å². The smallest absolute Gasteiger partial charge is 0.234 e. The quantitative estimate of drug-likeness (QED) is 0.768. The number of carbonyl (C=O) groups excluding carboxylic acids is 1. The third-order valence-corrected chi connectivity index (χ3v) is 4.61. The first-order valence-electron chi connectivity index (χ1n) is 7.33. The molecule has 0 aromatic rings. The average Bonchev–Trinajstić information content (AvgIpc) is 2.78. The van der Waals surface area contributed by atoms with Crippen LogP contribution in [0.4, 0.5) is 0 Å². The van der Waals surface area contributed by atoms with E-state index in [1.165, 1.54) is 32.1 Å². The summed E-state index contributed by atoms with van der Waals surface area (Å²) >= 11 is 0.